The van der Waals surface area contributed by atoms with E-state index in [1.54, 1.807) is 6.08 Å². The fraction of sp³-hybridized carbons (Fsp3) is 0.467. The molecule has 0 amide bonds. The highest BCUT2D eigenvalue weighted by Gasteiger charge is 2.38. The Labute approximate surface area is 121 Å². The van der Waals surface area contributed by atoms with Crippen LogP contribution in [0.3, 0.4) is 0 Å². The third-order valence-electron chi connectivity index (χ3n) is 3.09. The van der Waals surface area contributed by atoms with Crippen LogP contribution in [-0.4, -0.2) is 10.1 Å². The molecule has 0 unspecified atom stereocenters. The van der Waals surface area contributed by atoms with Gasteiger partial charge in [-0.2, -0.15) is 18.2 Å². The Hall–Kier alpha value is -1.85. The first-order valence-electron chi connectivity index (χ1n) is 6.52. The normalized spacial score (nSPS) is 20.8. The van der Waals surface area contributed by atoms with Crippen molar-refractivity contribution in [3.63, 3.8) is 0 Å². The molecule has 0 N–H and O–H groups in total. The molecule has 1 aliphatic rings. The van der Waals surface area contributed by atoms with Crippen molar-refractivity contribution in [3.05, 3.63) is 42.1 Å². The van der Waals surface area contributed by atoms with E-state index < -0.39 is 12.1 Å². The zero-order chi connectivity index (χ0) is 15.9. The number of aromatic nitrogens is 2. The van der Waals surface area contributed by atoms with E-state index in [-0.39, 0.29) is 16.7 Å². The molecule has 0 radical (unpaired) electrons. The minimum absolute atomic E-state index is 0.0576. The van der Waals surface area contributed by atoms with Crippen molar-refractivity contribution in [3.8, 4) is 0 Å². The lowest BCUT2D eigenvalue weighted by molar-refractivity contribution is -0.159. The van der Waals surface area contributed by atoms with Gasteiger partial charge in [0.1, 0.15) is 0 Å². The Morgan fingerprint density at radius 2 is 1.62 bits per heavy atom. The summed E-state index contributed by atoms with van der Waals surface area (Å²) < 4.78 is 41.9. The predicted molar refractivity (Wildman–Crippen MR) is 73.1 cm³/mol. The lowest BCUT2D eigenvalue weighted by atomic mass is 9.82. The highest BCUT2D eigenvalue weighted by molar-refractivity contribution is 5.70. The summed E-state index contributed by atoms with van der Waals surface area (Å²) in [5.74, 6) is -1.39. The van der Waals surface area contributed by atoms with Crippen LogP contribution in [0.4, 0.5) is 13.2 Å². The average Bonchev–Trinajstić information content (AvgIpc) is 2.80. The van der Waals surface area contributed by atoms with E-state index in [0.29, 0.717) is 5.57 Å². The second kappa shape index (κ2) is 4.86. The molecule has 0 aliphatic heterocycles. The maximum atomic E-state index is 12.5. The van der Waals surface area contributed by atoms with Crippen LogP contribution < -0.4 is 0 Å². The Morgan fingerprint density at radius 1 is 1.00 bits per heavy atom. The van der Waals surface area contributed by atoms with Gasteiger partial charge in [0.2, 0.25) is 5.82 Å². The van der Waals surface area contributed by atoms with E-state index >= 15 is 0 Å². The summed E-state index contributed by atoms with van der Waals surface area (Å²) in [6, 6.07) is 0. The molecule has 0 aromatic carbocycles. The number of hydrogen-bond acceptors (Lipinski definition) is 3. The number of hydrogen-bond donors (Lipinski definition) is 0. The van der Waals surface area contributed by atoms with Gasteiger partial charge in [0.05, 0.1) is 0 Å². The highest BCUT2D eigenvalue weighted by Crippen LogP contribution is 2.34. The summed E-state index contributed by atoms with van der Waals surface area (Å²) in [5, 5.41) is 3.44. The Bertz CT molecular complexity index is 619. The summed E-state index contributed by atoms with van der Waals surface area (Å²) >= 11 is 0. The van der Waals surface area contributed by atoms with Gasteiger partial charge in [-0.15, -0.1) is 0 Å². The molecule has 0 fully saturated rings. The van der Waals surface area contributed by atoms with Gasteiger partial charge in [-0.1, -0.05) is 63.2 Å². The van der Waals surface area contributed by atoms with Crippen molar-refractivity contribution in [2.45, 2.75) is 33.9 Å². The lowest BCUT2D eigenvalue weighted by Crippen LogP contribution is -2.11. The van der Waals surface area contributed by atoms with Crippen molar-refractivity contribution < 1.29 is 17.7 Å². The number of alkyl halides is 3. The molecule has 1 aromatic rings. The molecule has 0 atom stereocenters. The minimum atomic E-state index is -4.63. The monoisotopic (exact) mass is 298 g/mol. The van der Waals surface area contributed by atoms with Crippen LogP contribution in [0, 0.1) is 10.8 Å². The molecule has 0 spiro atoms. The fourth-order valence-corrected chi connectivity index (χ4v) is 1.88. The Morgan fingerprint density at radius 3 is 2.19 bits per heavy atom. The van der Waals surface area contributed by atoms with Crippen molar-refractivity contribution in [1.29, 1.82) is 0 Å². The first kappa shape index (κ1) is 15.5. The van der Waals surface area contributed by atoms with Crippen molar-refractivity contribution in [2.24, 2.45) is 10.8 Å². The van der Waals surface area contributed by atoms with E-state index in [1.807, 2.05) is 45.9 Å². The van der Waals surface area contributed by atoms with Gasteiger partial charge in [0, 0.05) is 16.4 Å². The number of allylic oxidation sites excluding steroid dienone is 6. The third kappa shape index (κ3) is 3.83. The summed E-state index contributed by atoms with van der Waals surface area (Å²) in [6.45, 7) is 7.94. The second-order valence-electron chi connectivity index (χ2n) is 6.33. The van der Waals surface area contributed by atoms with E-state index in [0.717, 1.165) is 0 Å². The molecule has 21 heavy (non-hydrogen) atoms. The lowest BCUT2D eigenvalue weighted by Gasteiger charge is -2.23. The van der Waals surface area contributed by atoms with E-state index in [1.165, 1.54) is 0 Å². The standard InChI is InChI=1S/C15H17F3N2O/c1-13(2)6-5-10(9-14(3,4)8-7-13)11-19-12(21-20-11)15(16,17)18/h5-9H,1-4H3. The predicted octanol–water partition coefficient (Wildman–Crippen LogP) is 4.65. The average molecular weight is 298 g/mol. The molecule has 0 saturated carbocycles. The van der Waals surface area contributed by atoms with E-state index in [9.17, 15) is 13.2 Å². The van der Waals surface area contributed by atoms with Gasteiger partial charge in [-0.25, -0.2) is 0 Å². The summed E-state index contributed by atoms with van der Waals surface area (Å²) in [7, 11) is 0. The number of rotatable bonds is 1. The van der Waals surface area contributed by atoms with Crippen LogP contribution >= 0.6 is 0 Å². The molecular formula is C15H17F3N2O. The van der Waals surface area contributed by atoms with Crippen LogP contribution in [0.5, 0.6) is 0 Å². The quantitative estimate of drug-likeness (QED) is 0.708. The van der Waals surface area contributed by atoms with Crippen LogP contribution in [-0.2, 0) is 6.18 Å². The SMILES string of the molecule is CC1(C)C=CC(c2noc(C(F)(F)F)n2)=CC(C)(C)C=C1. The van der Waals surface area contributed by atoms with Gasteiger partial charge in [0.15, 0.2) is 0 Å². The molecule has 0 saturated heterocycles. The Balaban J connectivity index is 2.46. The topological polar surface area (TPSA) is 38.9 Å². The molecule has 3 nitrogen and oxygen atoms in total. The second-order valence-corrected chi connectivity index (χ2v) is 6.33. The molecule has 114 valence electrons. The minimum Gasteiger partial charge on any atom is -0.329 e. The number of nitrogens with zero attached hydrogens (tertiary/aromatic N) is 2. The van der Waals surface area contributed by atoms with Gasteiger partial charge < -0.3 is 4.52 Å². The maximum Gasteiger partial charge on any atom is 0.471 e. The molecule has 1 aliphatic carbocycles. The molecule has 2 rings (SSSR count). The molecule has 6 heteroatoms. The highest BCUT2D eigenvalue weighted by atomic mass is 19.4. The van der Waals surface area contributed by atoms with Gasteiger partial charge >= 0.3 is 12.1 Å². The van der Waals surface area contributed by atoms with Gasteiger partial charge in [-0.3, -0.25) is 0 Å². The molecule has 0 bridgehead atoms. The first-order chi connectivity index (χ1) is 9.49. The Kier molecular flexibility index (Phi) is 3.59. The zero-order valence-corrected chi connectivity index (χ0v) is 12.3. The summed E-state index contributed by atoms with van der Waals surface area (Å²) in [4.78, 5) is 3.44. The molecular weight excluding hydrogens is 281 g/mol. The van der Waals surface area contributed by atoms with Crippen LogP contribution in [0.1, 0.15) is 39.4 Å². The smallest absolute Gasteiger partial charge is 0.329 e. The number of halogens is 3. The van der Waals surface area contributed by atoms with Crippen LogP contribution in [0.25, 0.3) is 5.57 Å². The largest absolute Gasteiger partial charge is 0.471 e. The van der Waals surface area contributed by atoms with Crippen LogP contribution in [0.15, 0.2) is 34.9 Å². The fourth-order valence-electron chi connectivity index (χ4n) is 1.88. The molecule has 1 heterocycles. The van der Waals surface area contributed by atoms with E-state index in [2.05, 4.69) is 20.7 Å². The van der Waals surface area contributed by atoms with Crippen LogP contribution in [0.2, 0.25) is 0 Å². The first-order valence-corrected chi connectivity index (χ1v) is 6.52. The summed E-state index contributed by atoms with van der Waals surface area (Å²) in [5.41, 5.74) is -0.0132. The van der Waals surface area contributed by atoms with Crippen molar-refractivity contribution in [2.75, 3.05) is 0 Å². The van der Waals surface area contributed by atoms with Crippen molar-refractivity contribution >= 4 is 5.57 Å². The van der Waals surface area contributed by atoms with E-state index in [4.69, 9.17) is 0 Å². The molecule has 1 aromatic heterocycles. The van der Waals surface area contributed by atoms with Gasteiger partial charge in [-0.05, 0) is 0 Å². The maximum absolute atomic E-state index is 12.5. The summed E-state index contributed by atoms with van der Waals surface area (Å²) in [6.07, 6.45) is 4.89. The third-order valence-corrected chi connectivity index (χ3v) is 3.09. The van der Waals surface area contributed by atoms with Crippen molar-refractivity contribution in [1.82, 2.24) is 10.1 Å². The zero-order valence-electron chi connectivity index (χ0n) is 12.3. The van der Waals surface area contributed by atoms with Gasteiger partial charge in [0.25, 0.3) is 0 Å².